The van der Waals surface area contributed by atoms with Crippen LogP contribution in [0.1, 0.15) is 15.9 Å². The quantitative estimate of drug-likeness (QED) is 0.750. The van der Waals surface area contributed by atoms with Gasteiger partial charge in [-0.15, -0.1) is 0 Å². The zero-order chi connectivity index (χ0) is 17.3. The molecule has 7 heteroatoms. The first-order valence-electron chi connectivity index (χ1n) is 7.57. The van der Waals surface area contributed by atoms with Crippen molar-refractivity contribution in [2.75, 3.05) is 31.1 Å². The van der Waals surface area contributed by atoms with Gasteiger partial charge in [0.15, 0.2) is 0 Å². The first-order chi connectivity index (χ1) is 11.5. The largest absolute Gasteiger partial charge is 0.353 e. The van der Waals surface area contributed by atoms with Gasteiger partial charge in [0.25, 0.3) is 5.91 Å². The van der Waals surface area contributed by atoms with Gasteiger partial charge in [0.2, 0.25) is 0 Å². The Morgan fingerprint density at radius 2 is 1.96 bits per heavy atom. The summed E-state index contributed by atoms with van der Waals surface area (Å²) in [7, 11) is 0. The van der Waals surface area contributed by atoms with E-state index >= 15 is 0 Å². The van der Waals surface area contributed by atoms with Gasteiger partial charge < -0.3 is 9.80 Å². The van der Waals surface area contributed by atoms with Gasteiger partial charge in [-0.2, -0.15) is 0 Å². The third kappa shape index (κ3) is 3.54. The van der Waals surface area contributed by atoms with Gasteiger partial charge in [-0.25, -0.2) is 9.37 Å². The van der Waals surface area contributed by atoms with Gasteiger partial charge >= 0.3 is 0 Å². The molecule has 2 heterocycles. The molecule has 1 aliphatic rings. The number of amides is 1. The Kier molecular flexibility index (Phi) is 5.06. The number of nitrogens with zero attached hydrogens (tertiary/aromatic N) is 3. The van der Waals surface area contributed by atoms with E-state index in [1.807, 2.05) is 13.0 Å². The summed E-state index contributed by atoms with van der Waals surface area (Å²) in [5.74, 6) is 0.0348. The second-order valence-corrected chi connectivity index (χ2v) is 7.05. The Hall–Kier alpha value is -1.66. The van der Waals surface area contributed by atoms with E-state index in [9.17, 15) is 9.18 Å². The fourth-order valence-corrected chi connectivity index (χ4v) is 3.42. The van der Waals surface area contributed by atoms with Crippen molar-refractivity contribution >= 4 is 39.3 Å². The lowest BCUT2D eigenvalue weighted by Gasteiger charge is -2.36. The molecule has 2 aromatic rings. The van der Waals surface area contributed by atoms with Crippen LogP contribution < -0.4 is 4.90 Å². The van der Waals surface area contributed by atoms with Gasteiger partial charge in [0.05, 0.1) is 5.56 Å². The molecule has 1 aromatic carbocycles. The van der Waals surface area contributed by atoms with Crippen LogP contribution in [-0.4, -0.2) is 42.0 Å². The Labute approximate surface area is 153 Å². The highest BCUT2D eigenvalue weighted by Gasteiger charge is 2.25. The summed E-state index contributed by atoms with van der Waals surface area (Å²) < 4.78 is 14.9. The zero-order valence-corrected chi connectivity index (χ0v) is 15.4. The Balaban J connectivity index is 1.69. The van der Waals surface area contributed by atoms with Crippen LogP contribution in [0.25, 0.3) is 0 Å². The molecular weight excluding hydrogens is 397 g/mol. The van der Waals surface area contributed by atoms with E-state index in [4.69, 9.17) is 11.6 Å². The van der Waals surface area contributed by atoms with Crippen LogP contribution >= 0.6 is 27.5 Å². The van der Waals surface area contributed by atoms with E-state index in [-0.39, 0.29) is 16.5 Å². The monoisotopic (exact) mass is 411 g/mol. The summed E-state index contributed by atoms with van der Waals surface area (Å²) in [6.07, 6.45) is 1.77. The lowest BCUT2D eigenvalue weighted by Crippen LogP contribution is -2.49. The van der Waals surface area contributed by atoms with Crippen molar-refractivity contribution in [2.24, 2.45) is 0 Å². The molecule has 0 spiro atoms. The number of piperazine rings is 1. The van der Waals surface area contributed by atoms with Gasteiger partial charge in [-0.3, -0.25) is 4.79 Å². The van der Waals surface area contributed by atoms with Crippen molar-refractivity contribution in [1.82, 2.24) is 9.88 Å². The van der Waals surface area contributed by atoms with Crippen molar-refractivity contribution < 1.29 is 9.18 Å². The number of halogens is 3. The minimum atomic E-state index is -0.583. The van der Waals surface area contributed by atoms with Crippen molar-refractivity contribution in [1.29, 1.82) is 0 Å². The number of benzene rings is 1. The maximum Gasteiger partial charge on any atom is 0.256 e. The van der Waals surface area contributed by atoms with E-state index < -0.39 is 5.82 Å². The molecule has 0 aliphatic carbocycles. The first kappa shape index (κ1) is 17.2. The van der Waals surface area contributed by atoms with Crippen molar-refractivity contribution in [2.45, 2.75) is 6.92 Å². The summed E-state index contributed by atoms with van der Waals surface area (Å²) in [5.41, 5.74) is 1.14. The van der Waals surface area contributed by atoms with E-state index in [0.717, 1.165) is 15.9 Å². The molecule has 1 fully saturated rings. The lowest BCUT2D eigenvalue weighted by molar-refractivity contribution is 0.0742. The predicted octanol–water partition coefficient (Wildman–Crippen LogP) is 3.91. The molecule has 0 saturated carbocycles. The predicted molar refractivity (Wildman–Crippen MR) is 96.2 cm³/mol. The molecule has 4 nitrogen and oxygen atoms in total. The smallest absolute Gasteiger partial charge is 0.256 e. The Morgan fingerprint density at radius 3 is 2.58 bits per heavy atom. The highest BCUT2D eigenvalue weighted by molar-refractivity contribution is 9.10. The van der Waals surface area contributed by atoms with Gasteiger partial charge in [0, 0.05) is 41.9 Å². The Morgan fingerprint density at radius 1 is 1.25 bits per heavy atom. The maximum atomic E-state index is 13.9. The summed E-state index contributed by atoms with van der Waals surface area (Å²) in [6.45, 7) is 4.39. The average molecular weight is 413 g/mol. The SMILES string of the molecule is Cc1cc(Br)cnc1N1CCN(C(=O)c2ccc(Cl)cc2F)CC1. The van der Waals surface area contributed by atoms with Crippen LogP contribution in [0, 0.1) is 12.7 Å². The maximum absolute atomic E-state index is 13.9. The van der Waals surface area contributed by atoms with E-state index in [0.29, 0.717) is 26.2 Å². The number of hydrogen-bond acceptors (Lipinski definition) is 3. The second kappa shape index (κ2) is 7.07. The summed E-state index contributed by atoms with van der Waals surface area (Å²) >= 11 is 9.15. The molecule has 1 amide bonds. The number of carbonyl (C=O) groups excluding carboxylic acids is 1. The molecule has 0 radical (unpaired) electrons. The first-order valence-corrected chi connectivity index (χ1v) is 8.74. The topological polar surface area (TPSA) is 36.4 Å². The van der Waals surface area contributed by atoms with Crippen molar-refractivity contribution in [3.63, 3.8) is 0 Å². The van der Waals surface area contributed by atoms with Crippen LogP contribution in [0.3, 0.4) is 0 Å². The average Bonchev–Trinajstić information content (AvgIpc) is 2.54. The molecule has 0 unspecified atom stereocenters. The fraction of sp³-hybridized carbons (Fsp3) is 0.294. The third-order valence-corrected chi connectivity index (χ3v) is 4.71. The molecule has 24 heavy (non-hydrogen) atoms. The molecule has 0 bridgehead atoms. The van der Waals surface area contributed by atoms with Crippen LogP contribution in [-0.2, 0) is 0 Å². The number of aromatic nitrogens is 1. The van der Waals surface area contributed by atoms with Crippen molar-refractivity contribution in [3.8, 4) is 0 Å². The molecule has 3 rings (SSSR count). The number of aryl methyl sites for hydroxylation is 1. The minimum absolute atomic E-state index is 0.0609. The number of pyridine rings is 1. The number of rotatable bonds is 2. The van der Waals surface area contributed by atoms with Crippen LogP contribution in [0.2, 0.25) is 5.02 Å². The highest BCUT2D eigenvalue weighted by atomic mass is 79.9. The molecule has 1 aliphatic heterocycles. The number of hydrogen-bond donors (Lipinski definition) is 0. The van der Waals surface area contributed by atoms with E-state index in [1.165, 1.54) is 18.2 Å². The van der Waals surface area contributed by atoms with Gasteiger partial charge in [0.1, 0.15) is 11.6 Å². The van der Waals surface area contributed by atoms with Crippen LogP contribution in [0.15, 0.2) is 34.9 Å². The molecule has 0 atom stereocenters. The minimum Gasteiger partial charge on any atom is -0.353 e. The van der Waals surface area contributed by atoms with E-state index in [2.05, 4.69) is 25.8 Å². The number of anilines is 1. The zero-order valence-electron chi connectivity index (χ0n) is 13.1. The number of carbonyl (C=O) groups is 1. The summed E-state index contributed by atoms with van der Waals surface area (Å²) in [6, 6.07) is 6.15. The van der Waals surface area contributed by atoms with Crippen LogP contribution in [0.4, 0.5) is 10.2 Å². The second-order valence-electron chi connectivity index (χ2n) is 5.70. The fourth-order valence-electron chi connectivity index (χ4n) is 2.82. The summed E-state index contributed by atoms with van der Waals surface area (Å²) in [5, 5.41) is 0.283. The molecular formula is C17H16BrClFN3O. The van der Waals surface area contributed by atoms with E-state index in [1.54, 1.807) is 11.1 Å². The molecule has 126 valence electrons. The standard InChI is InChI=1S/C17H16BrClFN3O/c1-11-8-12(18)10-21-16(11)22-4-6-23(7-5-22)17(24)14-3-2-13(19)9-15(14)20/h2-3,8-10H,4-7H2,1H3. The normalized spacial score (nSPS) is 14.8. The summed E-state index contributed by atoms with van der Waals surface area (Å²) in [4.78, 5) is 20.7. The van der Waals surface area contributed by atoms with Crippen LogP contribution in [0.5, 0.6) is 0 Å². The molecule has 0 N–H and O–H groups in total. The Bertz CT molecular complexity index is 778. The van der Waals surface area contributed by atoms with Crippen molar-refractivity contribution in [3.05, 3.63) is 56.9 Å². The van der Waals surface area contributed by atoms with Gasteiger partial charge in [-0.05, 0) is 52.7 Å². The lowest BCUT2D eigenvalue weighted by atomic mass is 10.1. The molecule has 1 aromatic heterocycles. The third-order valence-electron chi connectivity index (χ3n) is 4.05. The van der Waals surface area contributed by atoms with Gasteiger partial charge in [-0.1, -0.05) is 11.6 Å². The highest BCUT2D eigenvalue weighted by Crippen LogP contribution is 2.23. The molecule has 1 saturated heterocycles.